The van der Waals surface area contributed by atoms with Crippen molar-refractivity contribution in [2.45, 2.75) is 24.2 Å². The lowest BCUT2D eigenvalue weighted by Crippen LogP contribution is -2.51. The normalized spacial score (nSPS) is 12.9. The second kappa shape index (κ2) is 5.15. The van der Waals surface area contributed by atoms with E-state index in [2.05, 4.69) is 4.72 Å². The van der Waals surface area contributed by atoms with Crippen LogP contribution in [-0.4, -0.2) is 42.5 Å². The fraction of sp³-hybridized carbons (Fsp3) is 0.556. The van der Waals surface area contributed by atoms with E-state index in [4.69, 9.17) is 19.7 Å². The van der Waals surface area contributed by atoms with Gasteiger partial charge in [0.1, 0.15) is 12.4 Å². The van der Waals surface area contributed by atoms with Gasteiger partial charge in [0.25, 0.3) is 10.0 Å². The minimum absolute atomic E-state index is 0.111. The lowest BCUT2D eigenvalue weighted by molar-refractivity contribution is 0.121. The summed E-state index contributed by atoms with van der Waals surface area (Å²) in [6, 6.07) is 2.51. The lowest BCUT2D eigenvalue weighted by atomic mass is 10.1. The molecule has 0 aliphatic heterocycles. The van der Waals surface area contributed by atoms with Gasteiger partial charge in [-0.2, -0.15) is 4.72 Å². The average molecular weight is 265 g/mol. The van der Waals surface area contributed by atoms with Crippen molar-refractivity contribution in [2.24, 2.45) is 0 Å². The van der Waals surface area contributed by atoms with Crippen molar-refractivity contribution >= 4 is 10.0 Å². The van der Waals surface area contributed by atoms with Crippen molar-refractivity contribution in [1.29, 1.82) is 0 Å². The molecule has 4 N–H and O–H groups in total. The van der Waals surface area contributed by atoms with E-state index in [1.54, 1.807) is 0 Å². The van der Waals surface area contributed by atoms with Gasteiger partial charge in [-0.3, -0.25) is 0 Å². The molecule has 0 radical (unpaired) electrons. The first kappa shape index (κ1) is 14.1. The van der Waals surface area contributed by atoms with Crippen molar-refractivity contribution in [3.05, 3.63) is 17.9 Å². The van der Waals surface area contributed by atoms with Crippen LogP contribution in [0.2, 0.25) is 0 Å². The van der Waals surface area contributed by atoms with Crippen LogP contribution in [0.4, 0.5) is 0 Å². The standard InChI is InChI=1S/C9H15NO6S/c1-9(5-12,6-13)10-17(14,15)8-3-2-7(4-11)16-8/h2-3,10-13H,4-6H2,1H3. The Labute approximate surface area is 98.7 Å². The number of sulfonamides is 1. The molecule has 0 atom stereocenters. The monoisotopic (exact) mass is 265 g/mol. The lowest BCUT2D eigenvalue weighted by Gasteiger charge is -2.24. The van der Waals surface area contributed by atoms with E-state index in [0.29, 0.717) is 0 Å². The third-order valence-corrected chi connectivity index (χ3v) is 3.65. The SMILES string of the molecule is CC(CO)(CO)NS(=O)(=O)c1ccc(CO)o1. The van der Waals surface area contributed by atoms with Gasteiger partial charge in [-0.05, 0) is 19.1 Å². The van der Waals surface area contributed by atoms with Crippen LogP contribution in [0.3, 0.4) is 0 Å². The Morgan fingerprint density at radius 1 is 1.29 bits per heavy atom. The largest absolute Gasteiger partial charge is 0.446 e. The quantitative estimate of drug-likeness (QED) is 0.512. The Morgan fingerprint density at radius 2 is 1.88 bits per heavy atom. The summed E-state index contributed by atoms with van der Waals surface area (Å²) in [5.41, 5.74) is -1.37. The molecule has 0 spiro atoms. The maximum absolute atomic E-state index is 11.8. The zero-order valence-corrected chi connectivity index (χ0v) is 10.1. The van der Waals surface area contributed by atoms with Gasteiger partial charge in [0.15, 0.2) is 0 Å². The molecule has 8 heteroatoms. The number of furan rings is 1. The predicted octanol–water partition coefficient (Wildman–Crippen LogP) is -1.21. The highest BCUT2D eigenvalue weighted by molar-refractivity contribution is 7.89. The first-order valence-electron chi connectivity index (χ1n) is 4.82. The molecule has 1 heterocycles. The zero-order chi connectivity index (χ0) is 13.1. The van der Waals surface area contributed by atoms with E-state index >= 15 is 0 Å². The molecular weight excluding hydrogens is 250 g/mol. The molecule has 1 aromatic rings. The van der Waals surface area contributed by atoms with Crippen LogP contribution in [0.25, 0.3) is 0 Å². The van der Waals surface area contributed by atoms with Crippen LogP contribution < -0.4 is 4.72 Å². The first-order valence-corrected chi connectivity index (χ1v) is 6.30. The molecule has 17 heavy (non-hydrogen) atoms. The molecule has 0 aliphatic carbocycles. The summed E-state index contributed by atoms with van der Waals surface area (Å²) in [7, 11) is -3.98. The van der Waals surface area contributed by atoms with Gasteiger partial charge >= 0.3 is 0 Å². The van der Waals surface area contributed by atoms with Crippen LogP contribution in [0, 0.1) is 0 Å². The molecular formula is C9H15NO6S. The minimum atomic E-state index is -3.98. The minimum Gasteiger partial charge on any atom is -0.446 e. The van der Waals surface area contributed by atoms with Gasteiger partial charge in [-0.1, -0.05) is 0 Å². The highest BCUT2D eigenvalue weighted by Gasteiger charge is 2.31. The van der Waals surface area contributed by atoms with Gasteiger partial charge < -0.3 is 19.7 Å². The van der Waals surface area contributed by atoms with Crippen LogP contribution >= 0.6 is 0 Å². The van der Waals surface area contributed by atoms with Crippen molar-refractivity contribution < 1.29 is 28.2 Å². The summed E-state index contributed by atoms with van der Waals surface area (Å²) in [5.74, 6) is 0.111. The van der Waals surface area contributed by atoms with Crippen molar-refractivity contribution in [3.63, 3.8) is 0 Å². The molecule has 98 valence electrons. The van der Waals surface area contributed by atoms with Crippen molar-refractivity contribution in [3.8, 4) is 0 Å². The smallest absolute Gasteiger partial charge is 0.274 e. The number of hydrogen-bond donors (Lipinski definition) is 4. The summed E-state index contributed by atoms with van der Waals surface area (Å²) in [4.78, 5) is 0. The molecule has 0 bridgehead atoms. The molecule has 0 unspecified atom stereocenters. The van der Waals surface area contributed by atoms with Crippen molar-refractivity contribution in [2.75, 3.05) is 13.2 Å². The Kier molecular flexibility index (Phi) is 4.28. The summed E-state index contributed by atoms with van der Waals surface area (Å²) in [5, 5.41) is 26.4. The van der Waals surface area contributed by atoms with Crippen LogP contribution in [0.1, 0.15) is 12.7 Å². The van der Waals surface area contributed by atoms with E-state index in [-0.39, 0.29) is 10.9 Å². The van der Waals surface area contributed by atoms with Crippen LogP contribution in [-0.2, 0) is 16.6 Å². The third kappa shape index (κ3) is 3.27. The molecule has 1 rings (SSSR count). The van der Waals surface area contributed by atoms with E-state index in [1.165, 1.54) is 19.1 Å². The second-order valence-corrected chi connectivity index (χ2v) is 5.47. The molecule has 0 amide bonds. The van der Waals surface area contributed by atoms with E-state index in [9.17, 15) is 8.42 Å². The molecule has 0 fully saturated rings. The van der Waals surface area contributed by atoms with Gasteiger partial charge in [0.2, 0.25) is 5.09 Å². The average Bonchev–Trinajstić information content (AvgIpc) is 2.77. The Bertz CT molecular complexity index is 462. The Balaban J connectivity index is 2.96. The number of nitrogens with one attached hydrogen (secondary N) is 1. The summed E-state index contributed by atoms with van der Waals surface area (Å²) in [6.07, 6.45) is 0. The van der Waals surface area contributed by atoms with E-state index in [1.807, 2.05) is 0 Å². The highest BCUT2D eigenvalue weighted by Crippen LogP contribution is 2.16. The van der Waals surface area contributed by atoms with Gasteiger partial charge in [-0.25, -0.2) is 8.42 Å². The zero-order valence-electron chi connectivity index (χ0n) is 9.25. The first-order chi connectivity index (χ1) is 7.87. The van der Waals surface area contributed by atoms with Gasteiger partial charge in [-0.15, -0.1) is 0 Å². The number of hydrogen-bond acceptors (Lipinski definition) is 6. The van der Waals surface area contributed by atoms with Crippen LogP contribution in [0.5, 0.6) is 0 Å². The maximum Gasteiger partial charge on any atom is 0.274 e. The van der Waals surface area contributed by atoms with E-state index in [0.717, 1.165) is 0 Å². The summed E-state index contributed by atoms with van der Waals surface area (Å²) in [6.45, 7) is -0.181. The van der Waals surface area contributed by atoms with Gasteiger partial charge in [0, 0.05) is 0 Å². The summed E-state index contributed by atoms with van der Waals surface area (Å²) < 4.78 is 30.6. The van der Waals surface area contributed by atoms with Crippen molar-refractivity contribution in [1.82, 2.24) is 4.72 Å². The second-order valence-electron chi connectivity index (χ2n) is 3.86. The molecule has 0 aromatic carbocycles. The van der Waals surface area contributed by atoms with E-state index < -0.39 is 35.4 Å². The molecule has 0 aliphatic rings. The molecule has 1 aromatic heterocycles. The molecule has 0 saturated carbocycles. The number of aliphatic hydroxyl groups is 3. The summed E-state index contributed by atoms with van der Waals surface area (Å²) >= 11 is 0. The number of rotatable bonds is 6. The highest BCUT2D eigenvalue weighted by atomic mass is 32.2. The Hall–Kier alpha value is -0.930. The van der Waals surface area contributed by atoms with Crippen LogP contribution in [0.15, 0.2) is 21.6 Å². The molecule has 0 saturated heterocycles. The fourth-order valence-electron chi connectivity index (χ4n) is 1.08. The molecule has 7 nitrogen and oxygen atoms in total. The number of aliphatic hydroxyl groups excluding tert-OH is 3. The topological polar surface area (TPSA) is 120 Å². The van der Waals surface area contributed by atoms with Gasteiger partial charge in [0.05, 0.1) is 18.8 Å². The fourth-order valence-corrected chi connectivity index (χ4v) is 2.42. The maximum atomic E-state index is 11.8. The predicted molar refractivity (Wildman–Crippen MR) is 57.5 cm³/mol. The Morgan fingerprint density at radius 3 is 2.29 bits per heavy atom. The third-order valence-electron chi connectivity index (χ3n) is 2.14.